The second kappa shape index (κ2) is 7.36. The van der Waals surface area contributed by atoms with Gasteiger partial charge in [-0.1, -0.05) is 31.9 Å². The molecule has 1 fully saturated rings. The Balaban J connectivity index is 2.32. The van der Waals surface area contributed by atoms with E-state index in [0.29, 0.717) is 5.92 Å². The smallest absolute Gasteiger partial charge is 0.0894 e. The van der Waals surface area contributed by atoms with E-state index in [0.717, 1.165) is 38.1 Å². The Morgan fingerprint density at radius 1 is 1.52 bits per heavy atom. The van der Waals surface area contributed by atoms with Gasteiger partial charge < -0.3 is 10.1 Å². The molecular formula is C16H30N4O. The number of nitrogens with zero attached hydrogens (tertiary/aromatic N) is 3. The van der Waals surface area contributed by atoms with E-state index in [1.807, 2.05) is 17.9 Å². The molecule has 0 bridgehead atoms. The summed E-state index contributed by atoms with van der Waals surface area (Å²) in [5, 5.41) is 11.9. The van der Waals surface area contributed by atoms with Crippen LogP contribution in [0.4, 0.5) is 0 Å². The van der Waals surface area contributed by atoms with Crippen molar-refractivity contribution in [1.82, 2.24) is 20.3 Å². The maximum absolute atomic E-state index is 6.32. The van der Waals surface area contributed by atoms with Gasteiger partial charge in [-0.15, -0.1) is 5.10 Å². The molecule has 1 aromatic rings. The van der Waals surface area contributed by atoms with Crippen LogP contribution in [0.2, 0.25) is 0 Å². The maximum Gasteiger partial charge on any atom is 0.0894 e. The summed E-state index contributed by atoms with van der Waals surface area (Å²) in [5.41, 5.74) is 1.02. The van der Waals surface area contributed by atoms with Crippen molar-refractivity contribution in [2.45, 2.75) is 71.1 Å². The van der Waals surface area contributed by atoms with E-state index in [1.165, 1.54) is 12.8 Å². The molecule has 1 N–H and O–H groups in total. The van der Waals surface area contributed by atoms with E-state index in [-0.39, 0.29) is 11.6 Å². The molecular weight excluding hydrogens is 264 g/mol. The van der Waals surface area contributed by atoms with Crippen molar-refractivity contribution in [3.63, 3.8) is 0 Å². The zero-order valence-electron chi connectivity index (χ0n) is 13.9. The monoisotopic (exact) mass is 294 g/mol. The van der Waals surface area contributed by atoms with Crippen LogP contribution in [0.15, 0.2) is 6.20 Å². The zero-order valence-corrected chi connectivity index (χ0v) is 13.9. The Bertz CT molecular complexity index is 430. The van der Waals surface area contributed by atoms with Crippen molar-refractivity contribution in [2.24, 2.45) is 5.92 Å². The lowest BCUT2D eigenvalue weighted by molar-refractivity contribution is -0.102. The molecule has 1 aliphatic carbocycles. The van der Waals surface area contributed by atoms with E-state index in [9.17, 15) is 0 Å². The van der Waals surface area contributed by atoms with Gasteiger partial charge in [0.1, 0.15) is 0 Å². The first-order valence-corrected chi connectivity index (χ1v) is 8.36. The summed E-state index contributed by atoms with van der Waals surface area (Å²) >= 11 is 0. The molecule has 3 atom stereocenters. The topological polar surface area (TPSA) is 52.0 Å². The summed E-state index contributed by atoms with van der Waals surface area (Å²) in [6.07, 6.45) is 7.70. The SMILES string of the molecule is CCCn1nncc1C(NC)C1(OCC)CCCC(C)C1. The molecule has 21 heavy (non-hydrogen) atoms. The van der Waals surface area contributed by atoms with Crippen LogP contribution in [0, 0.1) is 5.92 Å². The molecule has 0 amide bonds. The third-order valence-electron chi connectivity index (χ3n) is 4.62. The van der Waals surface area contributed by atoms with E-state index in [1.54, 1.807) is 0 Å². The van der Waals surface area contributed by atoms with Crippen LogP contribution >= 0.6 is 0 Å². The number of nitrogens with one attached hydrogen (secondary N) is 1. The Morgan fingerprint density at radius 2 is 2.33 bits per heavy atom. The predicted octanol–water partition coefficient (Wildman–Crippen LogP) is 2.93. The van der Waals surface area contributed by atoms with Gasteiger partial charge in [-0.3, -0.25) is 0 Å². The highest BCUT2D eigenvalue weighted by Crippen LogP contribution is 2.43. The summed E-state index contributed by atoms with van der Waals surface area (Å²) < 4.78 is 8.35. The van der Waals surface area contributed by atoms with E-state index < -0.39 is 0 Å². The van der Waals surface area contributed by atoms with Gasteiger partial charge in [-0.05, 0) is 39.2 Å². The number of rotatable bonds is 7. The van der Waals surface area contributed by atoms with Crippen LogP contribution in [0.5, 0.6) is 0 Å². The summed E-state index contributed by atoms with van der Waals surface area (Å²) in [6.45, 7) is 8.25. The van der Waals surface area contributed by atoms with Gasteiger partial charge in [0.25, 0.3) is 0 Å². The molecule has 5 heteroatoms. The molecule has 0 aliphatic heterocycles. The Labute approximate surface area is 128 Å². The molecule has 0 saturated heterocycles. The highest BCUT2D eigenvalue weighted by Gasteiger charge is 2.44. The highest BCUT2D eigenvalue weighted by atomic mass is 16.5. The van der Waals surface area contributed by atoms with Gasteiger partial charge in [0, 0.05) is 13.2 Å². The second-order valence-electron chi connectivity index (χ2n) is 6.30. The van der Waals surface area contributed by atoms with Crippen LogP contribution in [-0.4, -0.2) is 34.2 Å². The fourth-order valence-electron chi connectivity index (χ4n) is 3.86. The van der Waals surface area contributed by atoms with Gasteiger partial charge >= 0.3 is 0 Å². The first kappa shape index (κ1) is 16.4. The summed E-state index contributed by atoms with van der Waals surface area (Å²) in [7, 11) is 2.02. The molecule has 1 heterocycles. The first-order chi connectivity index (χ1) is 10.2. The minimum Gasteiger partial charge on any atom is -0.373 e. The fraction of sp³-hybridized carbons (Fsp3) is 0.875. The molecule has 0 radical (unpaired) electrons. The lowest BCUT2D eigenvalue weighted by Crippen LogP contribution is -2.49. The van der Waals surface area contributed by atoms with Gasteiger partial charge in [-0.2, -0.15) is 0 Å². The van der Waals surface area contributed by atoms with Crippen LogP contribution in [0.1, 0.15) is 64.6 Å². The minimum absolute atomic E-state index is 0.131. The summed E-state index contributed by atoms with van der Waals surface area (Å²) in [5.74, 6) is 0.705. The Morgan fingerprint density at radius 3 is 2.95 bits per heavy atom. The van der Waals surface area contributed by atoms with Crippen molar-refractivity contribution < 1.29 is 4.74 Å². The average Bonchev–Trinajstić information content (AvgIpc) is 2.88. The number of hydrogen-bond donors (Lipinski definition) is 1. The molecule has 0 spiro atoms. The first-order valence-electron chi connectivity index (χ1n) is 8.36. The standard InChI is InChI=1S/C16H30N4O/c1-5-10-20-14(12-18-19-20)15(17-4)16(21-6-2)9-7-8-13(3)11-16/h12-13,15,17H,5-11H2,1-4H3. The number of aromatic nitrogens is 3. The minimum atomic E-state index is -0.131. The quantitative estimate of drug-likeness (QED) is 0.840. The number of hydrogen-bond acceptors (Lipinski definition) is 4. The fourth-order valence-corrected chi connectivity index (χ4v) is 3.86. The van der Waals surface area contributed by atoms with Gasteiger partial charge in [-0.25, -0.2) is 4.68 Å². The Hall–Kier alpha value is -0.940. The molecule has 1 aliphatic rings. The van der Waals surface area contributed by atoms with E-state index in [4.69, 9.17) is 4.74 Å². The molecule has 1 saturated carbocycles. The van der Waals surface area contributed by atoms with Crippen LogP contribution in [-0.2, 0) is 11.3 Å². The largest absolute Gasteiger partial charge is 0.373 e. The second-order valence-corrected chi connectivity index (χ2v) is 6.30. The van der Waals surface area contributed by atoms with Crippen molar-refractivity contribution in [3.05, 3.63) is 11.9 Å². The van der Waals surface area contributed by atoms with Crippen LogP contribution in [0.25, 0.3) is 0 Å². The molecule has 2 rings (SSSR count). The van der Waals surface area contributed by atoms with Gasteiger partial charge in [0.05, 0.1) is 23.5 Å². The summed E-state index contributed by atoms with van der Waals surface area (Å²) in [4.78, 5) is 0. The highest BCUT2D eigenvalue weighted by molar-refractivity contribution is 5.12. The molecule has 1 aromatic heterocycles. The normalized spacial score (nSPS) is 27.7. The molecule has 5 nitrogen and oxygen atoms in total. The average molecular weight is 294 g/mol. The lowest BCUT2D eigenvalue weighted by Gasteiger charge is -2.45. The number of ether oxygens (including phenoxy) is 1. The van der Waals surface area contributed by atoms with E-state index in [2.05, 4.69) is 36.4 Å². The molecule has 0 aromatic carbocycles. The van der Waals surface area contributed by atoms with Gasteiger partial charge in [0.2, 0.25) is 0 Å². The van der Waals surface area contributed by atoms with Crippen molar-refractivity contribution in [1.29, 1.82) is 0 Å². The lowest BCUT2D eigenvalue weighted by atomic mass is 9.73. The van der Waals surface area contributed by atoms with Crippen molar-refractivity contribution in [3.8, 4) is 0 Å². The predicted molar refractivity (Wildman–Crippen MR) is 84.1 cm³/mol. The number of likely N-dealkylation sites (N-methyl/N-ethyl adjacent to an activating group) is 1. The molecule has 120 valence electrons. The Kier molecular flexibility index (Phi) is 5.76. The van der Waals surface area contributed by atoms with Gasteiger partial charge in [0.15, 0.2) is 0 Å². The van der Waals surface area contributed by atoms with Crippen molar-refractivity contribution >= 4 is 0 Å². The molecule has 3 unspecified atom stereocenters. The summed E-state index contributed by atoms with van der Waals surface area (Å²) in [6, 6.07) is 0.154. The number of aryl methyl sites for hydroxylation is 1. The third kappa shape index (κ3) is 3.46. The zero-order chi connectivity index (χ0) is 15.3. The maximum atomic E-state index is 6.32. The van der Waals surface area contributed by atoms with Crippen molar-refractivity contribution in [2.75, 3.05) is 13.7 Å². The van der Waals surface area contributed by atoms with Crippen LogP contribution < -0.4 is 5.32 Å². The third-order valence-corrected chi connectivity index (χ3v) is 4.62. The van der Waals surface area contributed by atoms with Crippen LogP contribution in [0.3, 0.4) is 0 Å². The van der Waals surface area contributed by atoms with E-state index >= 15 is 0 Å².